The van der Waals surface area contributed by atoms with Crippen LogP contribution in [0.1, 0.15) is 180 Å². The van der Waals surface area contributed by atoms with E-state index in [2.05, 4.69) is 24.5 Å². The van der Waals surface area contributed by atoms with Crippen LogP contribution in [-0.4, -0.2) is 130 Å². The summed E-state index contributed by atoms with van der Waals surface area (Å²) in [5.41, 5.74) is 3.72. The van der Waals surface area contributed by atoms with E-state index in [-0.39, 0.29) is 63.5 Å². The molecular formula is C57H96N3O11PS. The highest BCUT2D eigenvalue weighted by Crippen LogP contribution is 2.63. The first-order chi connectivity index (χ1) is 35.6. The van der Waals surface area contributed by atoms with Crippen LogP contribution in [0.5, 0.6) is 0 Å². The Morgan fingerprint density at radius 1 is 0.630 bits per heavy atom. The van der Waals surface area contributed by atoms with Crippen molar-refractivity contribution in [3.8, 4) is 11.1 Å². The number of carboxylic acid groups (broad SMARTS) is 1. The van der Waals surface area contributed by atoms with Crippen molar-refractivity contribution in [2.24, 2.45) is 0 Å². The third-order valence-corrected chi connectivity index (χ3v) is 17.5. The third kappa shape index (κ3) is 23.0. The van der Waals surface area contributed by atoms with Crippen molar-refractivity contribution in [2.45, 2.75) is 180 Å². The van der Waals surface area contributed by atoms with E-state index in [1.807, 2.05) is 55.5 Å². The lowest BCUT2D eigenvalue weighted by molar-refractivity contribution is -0.128. The average molecular weight is 1060 g/mol. The summed E-state index contributed by atoms with van der Waals surface area (Å²) in [4.78, 5) is 43.9. The summed E-state index contributed by atoms with van der Waals surface area (Å²) in [7, 11) is -4.68. The van der Waals surface area contributed by atoms with Gasteiger partial charge in [0.1, 0.15) is 0 Å². The number of nitrogens with one attached hydrogen (secondary N) is 2. The monoisotopic (exact) mass is 1060 g/mol. The molecule has 3 rings (SSSR count). The summed E-state index contributed by atoms with van der Waals surface area (Å²) in [6, 6.07) is 15.2. The first-order valence-corrected chi connectivity index (χ1v) is 30.9. The minimum Gasteiger partial charge on any atom is -0.465 e. The van der Waals surface area contributed by atoms with Crippen molar-refractivity contribution < 1.29 is 52.1 Å². The van der Waals surface area contributed by atoms with Gasteiger partial charge in [-0.2, -0.15) is 11.8 Å². The number of hydrogen-bond donors (Lipinski definition) is 3. The number of unbranched alkanes of at least 4 members (excludes halogenated alkanes) is 17. The summed E-state index contributed by atoms with van der Waals surface area (Å²) >= 11 is 1.23. The molecule has 2 atom stereocenters. The fourth-order valence-corrected chi connectivity index (χ4v) is 13.5. The first kappa shape index (κ1) is 64.3. The van der Waals surface area contributed by atoms with Crippen LogP contribution in [0.3, 0.4) is 0 Å². The van der Waals surface area contributed by atoms with Crippen LogP contribution in [-0.2, 0) is 42.1 Å². The van der Waals surface area contributed by atoms with Gasteiger partial charge in [-0.15, -0.1) is 0 Å². The van der Waals surface area contributed by atoms with Crippen LogP contribution < -0.4 is 10.6 Å². The molecule has 416 valence electrons. The van der Waals surface area contributed by atoms with E-state index in [9.17, 15) is 14.7 Å². The lowest BCUT2D eigenvalue weighted by Crippen LogP contribution is -2.63. The number of fused-ring (bicyclic) bond motifs is 3. The molecule has 2 aromatic carbocycles. The molecule has 0 spiro atoms. The summed E-state index contributed by atoms with van der Waals surface area (Å²) in [5.74, 6) is -1.48. The molecule has 0 bridgehead atoms. The smallest absolute Gasteiger partial charge is 0.408 e. The van der Waals surface area contributed by atoms with Crippen molar-refractivity contribution >= 4 is 37.3 Å². The molecule has 0 saturated carbocycles. The molecule has 0 fully saturated rings. The topological polar surface area (TPSA) is 171 Å². The number of nitrogens with zero attached hydrogens (tertiary/aromatic N) is 1. The fourth-order valence-electron chi connectivity index (χ4n) is 9.49. The number of hydrogen-bond acceptors (Lipinski definition) is 11. The number of ether oxygens (including phenoxy) is 4. The molecule has 14 nitrogen and oxygen atoms in total. The van der Waals surface area contributed by atoms with Gasteiger partial charge in [-0.1, -0.05) is 172 Å². The number of rotatable bonds is 47. The molecule has 0 unspecified atom stereocenters. The van der Waals surface area contributed by atoms with E-state index in [0.29, 0.717) is 39.5 Å². The number of benzene rings is 2. The second-order valence-corrected chi connectivity index (χ2v) is 22.3. The van der Waals surface area contributed by atoms with Gasteiger partial charge in [0, 0.05) is 50.1 Å². The van der Waals surface area contributed by atoms with E-state index in [1.54, 1.807) is 13.8 Å². The molecular weight excluding hydrogens is 966 g/mol. The molecule has 3 N–H and O–H groups in total. The largest absolute Gasteiger partial charge is 0.465 e. The molecule has 0 aromatic heterocycles. The Morgan fingerprint density at radius 3 is 1.64 bits per heavy atom. The summed E-state index contributed by atoms with van der Waals surface area (Å²) in [5, 5.41) is 15.2. The van der Waals surface area contributed by atoms with E-state index in [0.717, 1.165) is 65.7 Å². The Bertz CT molecular complexity index is 1790. The van der Waals surface area contributed by atoms with E-state index in [4.69, 9.17) is 28.0 Å². The highest BCUT2D eigenvalue weighted by Gasteiger charge is 2.63. The van der Waals surface area contributed by atoms with Gasteiger partial charge in [-0.05, 0) is 55.9 Å². The Hall–Kier alpha value is -3.01. The van der Waals surface area contributed by atoms with E-state index in [1.165, 1.54) is 95.2 Å². The van der Waals surface area contributed by atoms with Crippen molar-refractivity contribution in [1.82, 2.24) is 15.5 Å². The van der Waals surface area contributed by atoms with Crippen molar-refractivity contribution in [3.05, 3.63) is 59.7 Å². The minimum absolute atomic E-state index is 0.0185. The maximum absolute atomic E-state index is 15.7. The molecule has 1 aliphatic carbocycles. The predicted molar refractivity (Wildman–Crippen MR) is 297 cm³/mol. The molecule has 0 heterocycles. The Kier molecular flexibility index (Phi) is 34.7. The minimum atomic E-state index is -4.68. The molecule has 0 saturated heterocycles. The number of carbonyl (C=O) groups is 3. The molecule has 2 aromatic rings. The zero-order valence-corrected chi connectivity index (χ0v) is 47.4. The Balaban J connectivity index is 1.90. The SMILES string of the molecule is CCCCCCCCCCCCOC[C@H](CSC[C@](C(=O)NCCOCCOCCOCC)(N(CC1c2ccccc2-c2ccccc21)C(=O)O)P(=O)(OCC)OCC)NC(=O)CCCCCCCCCCC. The molecule has 0 radical (unpaired) electrons. The van der Waals surface area contributed by atoms with Gasteiger partial charge < -0.3 is 43.7 Å². The molecule has 16 heteroatoms. The van der Waals surface area contributed by atoms with Gasteiger partial charge in [0.2, 0.25) is 11.2 Å². The van der Waals surface area contributed by atoms with E-state index < -0.39 is 36.8 Å². The van der Waals surface area contributed by atoms with Gasteiger partial charge in [-0.25, -0.2) is 4.79 Å². The Morgan fingerprint density at radius 2 is 1.12 bits per heavy atom. The Labute approximate surface area is 444 Å². The zero-order chi connectivity index (χ0) is 52.8. The second kappa shape index (κ2) is 39.4. The van der Waals surface area contributed by atoms with Gasteiger partial charge in [0.15, 0.2) is 0 Å². The van der Waals surface area contributed by atoms with Gasteiger partial charge in [0.05, 0.1) is 58.9 Å². The van der Waals surface area contributed by atoms with Crippen LogP contribution in [0, 0.1) is 0 Å². The highest BCUT2D eigenvalue weighted by molar-refractivity contribution is 7.99. The lowest BCUT2D eigenvalue weighted by Gasteiger charge is -2.44. The van der Waals surface area contributed by atoms with Crippen molar-refractivity contribution in [3.63, 3.8) is 0 Å². The fraction of sp³-hybridized carbons (Fsp3) is 0.737. The van der Waals surface area contributed by atoms with Crippen LogP contribution in [0.15, 0.2) is 48.5 Å². The molecule has 0 aliphatic heterocycles. The summed E-state index contributed by atoms with van der Waals surface area (Å²) in [6.07, 6.45) is 21.3. The maximum Gasteiger partial charge on any atom is 0.408 e. The van der Waals surface area contributed by atoms with Crippen LogP contribution in [0.4, 0.5) is 4.79 Å². The number of thioether (sulfide) groups is 1. The molecule has 1 aliphatic rings. The van der Waals surface area contributed by atoms with Crippen molar-refractivity contribution in [1.29, 1.82) is 0 Å². The van der Waals surface area contributed by atoms with Crippen LogP contribution in [0.25, 0.3) is 11.1 Å². The second-order valence-electron chi connectivity index (χ2n) is 19.1. The average Bonchev–Trinajstić information content (AvgIpc) is 3.70. The third-order valence-electron chi connectivity index (χ3n) is 13.4. The molecule has 73 heavy (non-hydrogen) atoms. The van der Waals surface area contributed by atoms with Crippen molar-refractivity contribution in [2.75, 3.05) is 90.7 Å². The van der Waals surface area contributed by atoms with Gasteiger partial charge >= 0.3 is 13.7 Å². The number of carbonyl (C=O) groups excluding carboxylic acids is 2. The van der Waals surface area contributed by atoms with E-state index >= 15 is 9.36 Å². The van der Waals surface area contributed by atoms with Crippen LogP contribution >= 0.6 is 19.4 Å². The normalized spacial score (nSPS) is 13.6. The molecule has 3 amide bonds. The van der Waals surface area contributed by atoms with Crippen LogP contribution in [0.2, 0.25) is 0 Å². The summed E-state index contributed by atoms with van der Waals surface area (Å²) in [6.45, 7) is 12.1. The predicted octanol–water partition coefficient (Wildman–Crippen LogP) is 13.0. The summed E-state index contributed by atoms with van der Waals surface area (Å²) < 4.78 is 50.8. The quantitative estimate of drug-likeness (QED) is 0.0424. The highest BCUT2D eigenvalue weighted by atomic mass is 32.2. The standard InChI is InChI=1S/C57H96N3O11PS/c1-6-11-13-15-17-19-21-23-25-31-38-69-45-48(59-54(61)36-26-24-22-20-18-16-14-12-7-2)46-73-47-57(72(65,70-9-4)71-10-5,55(62)58-37-39-67-42-43-68-41-40-66-8-3)60(56(63)64)44-53-51-34-29-27-32-49(51)50-33-28-30-35-52(50)53/h27-30,32-35,48,53H,6-26,31,36-47H2,1-5H3,(H,58,62)(H,59,61)(H,63,64)/t48-,57+/m1/s1. The van der Waals surface area contributed by atoms with Gasteiger partial charge in [0.25, 0.3) is 5.91 Å². The zero-order valence-electron chi connectivity index (χ0n) is 45.6. The number of amides is 3. The maximum atomic E-state index is 15.7. The first-order valence-electron chi connectivity index (χ1n) is 28.2. The lowest BCUT2D eigenvalue weighted by atomic mass is 9.96. The van der Waals surface area contributed by atoms with Gasteiger partial charge in [-0.3, -0.25) is 19.1 Å².